The second-order valence-electron chi connectivity index (χ2n) is 5.60. The van der Waals surface area contributed by atoms with Crippen LogP contribution in [0.3, 0.4) is 0 Å². The van der Waals surface area contributed by atoms with Gasteiger partial charge < -0.3 is 30.7 Å². The van der Waals surface area contributed by atoms with Gasteiger partial charge in [-0.3, -0.25) is 18.9 Å². The fourth-order valence-corrected chi connectivity index (χ4v) is 3.71. The van der Waals surface area contributed by atoms with Gasteiger partial charge in [0.05, 0.1) is 12.6 Å². The summed E-state index contributed by atoms with van der Waals surface area (Å²) in [6, 6.07) is -1.05. The van der Waals surface area contributed by atoms with Crippen molar-refractivity contribution in [2.45, 2.75) is 25.6 Å². The molecule has 2 heterocycles. The Balaban J connectivity index is 1.85. The normalized spacial score (nSPS) is 21.1. The molecule has 1 unspecified atom stereocenters. The first-order chi connectivity index (χ1) is 12.5. The Labute approximate surface area is 151 Å². The van der Waals surface area contributed by atoms with Crippen molar-refractivity contribution in [1.29, 1.82) is 0 Å². The van der Waals surface area contributed by atoms with Gasteiger partial charge in [0, 0.05) is 18.0 Å². The number of carboxylic acid groups (broad SMARTS) is 1. The van der Waals surface area contributed by atoms with Gasteiger partial charge in [-0.2, -0.15) is 0 Å². The lowest BCUT2D eigenvalue weighted by Gasteiger charge is -2.45. The lowest BCUT2D eigenvalue weighted by molar-refractivity contribution is -0.143. The zero-order valence-electron chi connectivity index (χ0n) is 13.9. The first-order valence-electron chi connectivity index (χ1n) is 7.50. The van der Waals surface area contributed by atoms with E-state index >= 15 is 0 Å². The second kappa shape index (κ2) is 7.78. The summed E-state index contributed by atoms with van der Waals surface area (Å²) in [6.45, 7) is 0.343. The first kappa shape index (κ1) is 20.4. The third-order valence-corrected chi connectivity index (χ3v) is 5.27. The third-order valence-electron chi connectivity index (χ3n) is 3.70. The number of carbonyl (C=O) groups is 3. The van der Waals surface area contributed by atoms with Gasteiger partial charge in [0.1, 0.15) is 12.6 Å². The van der Waals surface area contributed by atoms with Gasteiger partial charge in [0.2, 0.25) is 11.3 Å². The Kier molecular flexibility index (Phi) is 5.88. The van der Waals surface area contributed by atoms with Crippen molar-refractivity contribution < 1.29 is 38.6 Å². The summed E-state index contributed by atoms with van der Waals surface area (Å²) >= 11 is 0. The van der Waals surface area contributed by atoms with Gasteiger partial charge in [0.15, 0.2) is 5.75 Å². The lowest BCUT2D eigenvalue weighted by atomic mass is 10.0. The highest BCUT2D eigenvalue weighted by molar-refractivity contribution is 7.51. The summed E-state index contributed by atoms with van der Waals surface area (Å²) < 4.78 is 17.2. The van der Waals surface area contributed by atoms with Crippen LogP contribution in [0.5, 0.6) is 5.75 Å². The zero-order valence-corrected chi connectivity index (χ0v) is 14.8. The molecule has 2 rings (SSSR count). The molecule has 1 aromatic rings. The van der Waals surface area contributed by atoms with E-state index in [0.29, 0.717) is 4.67 Å². The summed E-state index contributed by atoms with van der Waals surface area (Å²) in [4.78, 5) is 57.7. The van der Waals surface area contributed by atoms with E-state index in [4.69, 9.17) is 10.2 Å². The molecule has 6 N–H and O–H groups in total. The number of aromatic nitrogens is 1. The molecule has 14 heteroatoms. The highest BCUT2D eigenvalue weighted by atomic mass is 31.2. The molecule has 13 nitrogen and oxygen atoms in total. The Morgan fingerprint density at radius 2 is 2.07 bits per heavy atom. The van der Waals surface area contributed by atoms with Crippen molar-refractivity contribution in [1.82, 2.24) is 20.3 Å². The van der Waals surface area contributed by atoms with Gasteiger partial charge >= 0.3 is 13.8 Å². The molecule has 0 bridgehead atoms. The Morgan fingerprint density at radius 1 is 1.41 bits per heavy atom. The molecule has 0 aliphatic carbocycles. The van der Waals surface area contributed by atoms with Crippen LogP contribution in [0.25, 0.3) is 0 Å². The molecule has 1 saturated heterocycles. The molecule has 3 amide bonds. The first-order valence-corrected chi connectivity index (χ1v) is 9.03. The molecule has 1 fully saturated rings. The molecule has 0 spiro atoms. The number of pyridine rings is 1. The molecule has 1 aromatic heterocycles. The summed E-state index contributed by atoms with van der Waals surface area (Å²) in [5.41, 5.74) is -0.378. The predicted molar refractivity (Wildman–Crippen MR) is 87.6 cm³/mol. The number of H-pyrrole nitrogens is 1. The average molecular weight is 404 g/mol. The van der Waals surface area contributed by atoms with Crippen molar-refractivity contribution in [3.8, 4) is 5.75 Å². The van der Waals surface area contributed by atoms with Crippen LogP contribution in [0.2, 0.25) is 0 Å². The van der Waals surface area contributed by atoms with E-state index in [0.717, 1.165) is 12.3 Å². The average Bonchev–Trinajstić information content (AvgIpc) is 2.59. The second-order valence-corrected chi connectivity index (χ2v) is 7.27. The monoisotopic (exact) mass is 404 g/mol. The highest BCUT2D eigenvalue weighted by Gasteiger charge is 2.54. The number of amides is 3. The molecular weight excluding hydrogens is 387 g/mol. The number of hydrogen-bond acceptors (Lipinski definition) is 7. The Hall–Kier alpha value is -2.89. The minimum atomic E-state index is -4.65. The summed E-state index contributed by atoms with van der Waals surface area (Å²) in [6.07, 6.45) is -0.416. The Bertz CT molecular complexity index is 870. The van der Waals surface area contributed by atoms with Crippen molar-refractivity contribution in [2.24, 2.45) is 0 Å². The van der Waals surface area contributed by atoms with Crippen molar-refractivity contribution in [3.63, 3.8) is 0 Å². The van der Waals surface area contributed by atoms with Gasteiger partial charge in [-0.15, -0.1) is 0 Å². The number of aromatic hydroxyl groups is 1. The number of nitrogens with one attached hydrogen (secondary N) is 3. The van der Waals surface area contributed by atoms with Crippen LogP contribution in [0, 0.1) is 0 Å². The maximum atomic E-state index is 12.1. The maximum absolute atomic E-state index is 12.1. The topological polar surface area (TPSA) is 198 Å². The number of β-lactam (4-membered cyclic amide) rings is 1. The van der Waals surface area contributed by atoms with E-state index in [9.17, 15) is 28.6 Å². The van der Waals surface area contributed by atoms with E-state index in [1.165, 1.54) is 6.92 Å². The number of carbonyl (C=O) groups excluding carboxylic acids is 2. The molecule has 0 aromatic carbocycles. The van der Waals surface area contributed by atoms with Crippen molar-refractivity contribution in [2.75, 3.05) is 6.61 Å². The number of hydrogen-bond donors (Lipinski definition) is 6. The summed E-state index contributed by atoms with van der Waals surface area (Å²) in [5.74, 6) is -2.24. The Morgan fingerprint density at radius 3 is 2.63 bits per heavy atom. The molecule has 27 heavy (non-hydrogen) atoms. The lowest BCUT2D eigenvalue weighted by Crippen LogP contribution is -2.68. The van der Waals surface area contributed by atoms with Gasteiger partial charge in [-0.05, 0) is 6.92 Å². The smallest absolute Gasteiger partial charge is 0.435 e. The minimum absolute atomic E-state index is 0.142. The van der Waals surface area contributed by atoms with Crippen LogP contribution in [0.1, 0.15) is 12.6 Å². The fourth-order valence-electron chi connectivity index (χ4n) is 2.34. The van der Waals surface area contributed by atoms with Crippen LogP contribution in [-0.2, 0) is 25.2 Å². The van der Waals surface area contributed by atoms with E-state index in [1.54, 1.807) is 0 Å². The van der Waals surface area contributed by atoms with Crippen LogP contribution in [0.15, 0.2) is 17.1 Å². The number of nitrogens with zero attached hydrogens (tertiary/aromatic N) is 1. The summed E-state index contributed by atoms with van der Waals surface area (Å²) in [5, 5.41) is 21.9. The SMILES string of the molecule is C[C@H]1[C@H](NC(=O)O)C(=O)N1P(=O)(O)OCC(=O)NCc1cc(=O)c(O)c[nH]1. The van der Waals surface area contributed by atoms with Crippen LogP contribution in [0.4, 0.5) is 4.79 Å². The predicted octanol–water partition coefficient (Wildman–Crippen LogP) is -1.32. The van der Waals surface area contributed by atoms with Gasteiger partial charge in [-0.1, -0.05) is 0 Å². The van der Waals surface area contributed by atoms with Gasteiger partial charge in [-0.25, -0.2) is 14.0 Å². The van der Waals surface area contributed by atoms with Crippen LogP contribution in [-0.4, -0.2) is 61.4 Å². The van der Waals surface area contributed by atoms with E-state index in [2.05, 4.69) is 14.8 Å². The number of rotatable bonds is 7. The van der Waals surface area contributed by atoms with Crippen molar-refractivity contribution in [3.05, 3.63) is 28.2 Å². The largest absolute Gasteiger partial charge is 0.503 e. The van der Waals surface area contributed by atoms with Crippen LogP contribution < -0.4 is 16.1 Å². The van der Waals surface area contributed by atoms with E-state index in [1.807, 2.05) is 5.32 Å². The molecular formula is C13H17N4O9P. The minimum Gasteiger partial charge on any atom is -0.503 e. The molecule has 1 aliphatic heterocycles. The van der Waals surface area contributed by atoms with E-state index < -0.39 is 55.5 Å². The maximum Gasteiger partial charge on any atom is 0.435 e. The quantitative estimate of drug-likeness (QED) is 0.236. The zero-order chi connectivity index (χ0) is 20.4. The summed E-state index contributed by atoms with van der Waals surface area (Å²) in [7, 11) is -4.65. The molecule has 0 radical (unpaired) electrons. The molecule has 1 aliphatic rings. The van der Waals surface area contributed by atoms with E-state index in [-0.39, 0.29) is 12.2 Å². The highest BCUT2D eigenvalue weighted by Crippen LogP contribution is 2.52. The number of aromatic amines is 1. The molecule has 0 saturated carbocycles. The van der Waals surface area contributed by atoms with Crippen molar-refractivity contribution >= 4 is 25.7 Å². The molecule has 3 atom stereocenters. The van der Waals surface area contributed by atoms with Crippen LogP contribution >= 0.6 is 7.75 Å². The van der Waals surface area contributed by atoms with Gasteiger partial charge in [0.25, 0.3) is 5.91 Å². The third kappa shape index (κ3) is 4.64. The standard InChI is InChI=1S/C13H17N4O9P/c1-6-11(16-13(22)23)12(21)17(6)27(24,25)26-5-10(20)15-3-7-2-8(18)9(19)4-14-7/h2,4,6,11,16,19H,3,5H2,1H3,(H,14,18)(H,15,20)(H,22,23)(H,24,25)/t6-,11-/m0/s1. The fraction of sp³-hybridized carbons (Fsp3) is 0.385. The molecule has 148 valence electrons.